The minimum Gasteiger partial charge on any atom is -0.480 e. The molecule has 1 atom stereocenters. The summed E-state index contributed by atoms with van der Waals surface area (Å²) in [4.78, 5) is 13.6. The van der Waals surface area contributed by atoms with Gasteiger partial charge in [0.1, 0.15) is 6.04 Å². The first-order chi connectivity index (χ1) is 8.69. The fraction of sp³-hybridized carbons (Fsp3) is 0.533. The molecule has 18 heavy (non-hydrogen) atoms. The number of benzene rings is 1. The number of carboxylic acid groups (broad SMARTS) is 1. The summed E-state index contributed by atoms with van der Waals surface area (Å²) in [6.45, 7) is 5.54. The van der Waals surface area contributed by atoms with Gasteiger partial charge < -0.3 is 5.11 Å². The van der Waals surface area contributed by atoms with Crippen LogP contribution in [0.1, 0.15) is 49.8 Å². The van der Waals surface area contributed by atoms with Crippen molar-refractivity contribution >= 4 is 5.97 Å². The van der Waals surface area contributed by atoms with Crippen molar-refractivity contribution in [1.82, 2.24) is 4.90 Å². The predicted molar refractivity (Wildman–Crippen MR) is 71.7 cm³/mol. The van der Waals surface area contributed by atoms with E-state index in [0.29, 0.717) is 5.92 Å². The topological polar surface area (TPSA) is 40.5 Å². The van der Waals surface area contributed by atoms with Crippen molar-refractivity contribution in [2.45, 2.75) is 38.6 Å². The van der Waals surface area contributed by atoms with Crippen LogP contribution in [0.2, 0.25) is 0 Å². The molecule has 0 aliphatic heterocycles. The smallest absolute Gasteiger partial charge is 0.325 e. The molecule has 1 fully saturated rings. The molecule has 0 heterocycles. The number of carboxylic acids is 1. The lowest BCUT2D eigenvalue weighted by atomic mass is 9.96. The molecule has 1 aromatic carbocycles. The average Bonchev–Trinajstić information content (AvgIpc) is 3.19. The second-order valence-corrected chi connectivity index (χ2v) is 4.87. The number of hydrogen-bond donors (Lipinski definition) is 1. The molecule has 1 aliphatic rings. The summed E-state index contributed by atoms with van der Waals surface area (Å²) in [5, 5.41) is 9.54. The summed E-state index contributed by atoms with van der Waals surface area (Å²) in [5.41, 5.74) is 2.22. The molecule has 1 aromatic rings. The third-order valence-electron chi connectivity index (χ3n) is 3.72. The summed E-state index contributed by atoms with van der Waals surface area (Å²) in [7, 11) is 0. The Morgan fingerprint density at radius 2 is 1.94 bits per heavy atom. The summed E-state index contributed by atoms with van der Waals surface area (Å²) < 4.78 is 0. The zero-order chi connectivity index (χ0) is 13.1. The number of nitrogens with zero attached hydrogens (tertiary/aromatic N) is 1. The van der Waals surface area contributed by atoms with Crippen LogP contribution in [0.5, 0.6) is 0 Å². The normalized spacial score (nSPS) is 16.8. The van der Waals surface area contributed by atoms with Crippen molar-refractivity contribution in [2.75, 3.05) is 13.1 Å². The van der Waals surface area contributed by atoms with Crippen LogP contribution in [-0.2, 0) is 4.79 Å². The molecule has 98 valence electrons. The lowest BCUT2D eigenvalue weighted by Gasteiger charge is -2.28. The highest BCUT2D eigenvalue weighted by atomic mass is 16.4. The standard InChI is InChI=1S/C15H21NO2/c1-3-16(4-2)14(15(17)18)13-8-6-5-7-12(13)11-9-10-11/h5-8,11,14H,3-4,9-10H2,1-2H3,(H,17,18). The zero-order valence-corrected chi connectivity index (χ0v) is 11.1. The fourth-order valence-electron chi connectivity index (χ4n) is 2.60. The maximum absolute atomic E-state index is 11.6. The first-order valence-corrected chi connectivity index (χ1v) is 6.74. The van der Waals surface area contributed by atoms with Crippen molar-refractivity contribution in [1.29, 1.82) is 0 Å². The van der Waals surface area contributed by atoms with Crippen LogP contribution in [0, 0.1) is 0 Å². The summed E-state index contributed by atoms with van der Waals surface area (Å²) in [6.07, 6.45) is 2.39. The number of likely N-dealkylation sites (N-methyl/N-ethyl adjacent to an activating group) is 1. The second kappa shape index (κ2) is 5.53. The molecular weight excluding hydrogens is 226 g/mol. The third-order valence-corrected chi connectivity index (χ3v) is 3.72. The molecule has 3 heteroatoms. The Hall–Kier alpha value is -1.35. The SMILES string of the molecule is CCN(CC)C(C(=O)O)c1ccccc1C1CC1. The Bertz CT molecular complexity index is 422. The van der Waals surface area contributed by atoms with E-state index in [-0.39, 0.29) is 0 Å². The number of rotatable bonds is 6. The van der Waals surface area contributed by atoms with E-state index < -0.39 is 12.0 Å². The maximum atomic E-state index is 11.6. The van der Waals surface area contributed by atoms with E-state index in [0.717, 1.165) is 18.7 Å². The minimum absolute atomic E-state index is 0.503. The molecular formula is C15H21NO2. The molecule has 3 nitrogen and oxygen atoms in total. The van der Waals surface area contributed by atoms with E-state index >= 15 is 0 Å². The largest absolute Gasteiger partial charge is 0.480 e. The molecule has 0 spiro atoms. The van der Waals surface area contributed by atoms with E-state index in [9.17, 15) is 9.90 Å². The number of carbonyl (C=O) groups is 1. The van der Waals surface area contributed by atoms with Crippen LogP contribution in [0.4, 0.5) is 0 Å². The second-order valence-electron chi connectivity index (χ2n) is 4.87. The Kier molecular flexibility index (Phi) is 4.02. The van der Waals surface area contributed by atoms with E-state index in [1.807, 2.05) is 36.9 Å². The van der Waals surface area contributed by atoms with Crippen LogP contribution in [0.3, 0.4) is 0 Å². The van der Waals surface area contributed by atoms with E-state index in [1.54, 1.807) is 0 Å². The minimum atomic E-state index is -0.744. The van der Waals surface area contributed by atoms with Gasteiger partial charge in [0, 0.05) is 0 Å². The van der Waals surface area contributed by atoms with Crippen molar-refractivity contribution in [3.8, 4) is 0 Å². The van der Waals surface area contributed by atoms with E-state index in [1.165, 1.54) is 18.4 Å². The highest BCUT2D eigenvalue weighted by molar-refractivity contribution is 5.76. The Morgan fingerprint density at radius 3 is 2.44 bits per heavy atom. The van der Waals surface area contributed by atoms with Crippen molar-refractivity contribution in [3.63, 3.8) is 0 Å². The lowest BCUT2D eigenvalue weighted by molar-refractivity contribution is -0.143. The van der Waals surface area contributed by atoms with Gasteiger partial charge >= 0.3 is 5.97 Å². The molecule has 0 amide bonds. The molecule has 1 aliphatic carbocycles. The van der Waals surface area contributed by atoms with Crippen LogP contribution in [0.15, 0.2) is 24.3 Å². The first-order valence-electron chi connectivity index (χ1n) is 6.74. The zero-order valence-electron chi connectivity index (χ0n) is 11.1. The summed E-state index contributed by atoms with van der Waals surface area (Å²) >= 11 is 0. The van der Waals surface area contributed by atoms with Gasteiger partial charge in [-0.05, 0) is 43.0 Å². The highest BCUT2D eigenvalue weighted by Crippen LogP contribution is 2.43. The molecule has 0 bridgehead atoms. The number of aliphatic carboxylic acids is 1. The Morgan fingerprint density at radius 1 is 1.33 bits per heavy atom. The first kappa shape index (κ1) is 13.1. The molecule has 0 saturated heterocycles. The van der Waals surface area contributed by atoms with Gasteiger partial charge in [-0.1, -0.05) is 38.1 Å². The molecule has 0 radical (unpaired) electrons. The van der Waals surface area contributed by atoms with Gasteiger partial charge in [0.2, 0.25) is 0 Å². The third kappa shape index (κ3) is 2.56. The van der Waals surface area contributed by atoms with E-state index in [2.05, 4.69) is 6.07 Å². The van der Waals surface area contributed by atoms with Gasteiger partial charge in [-0.15, -0.1) is 0 Å². The highest BCUT2D eigenvalue weighted by Gasteiger charge is 2.32. The van der Waals surface area contributed by atoms with Crippen molar-refractivity contribution in [2.24, 2.45) is 0 Å². The molecule has 1 saturated carbocycles. The lowest BCUT2D eigenvalue weighted by Crippen LogP contribution is -2.34. The Labute approximate surface area is 108 Å². The van der Waals surface area contributed by atoms with Gasteiger partial charge in [0.15, 0.2) is 0 Å². The summed E-state index contributed by atoms with van der Waals surface area (Å²) in [6, 6.07) is 7.52. The molecule has 0 aromatic heterocycles. The summed E-state index contributed by atoms with van der Waals surface area (Å²) in [5.74, 6) is -0.162. The van der Waals surface area contributed by atoms with Gasteiger partial charge in [-0.2, -0.15) is 0 Å². The molecule has 1 unspecified atom stereocenters. The van der Waals surface area contributed by atoms with Crippen LogP contribution in [-0.4, -0.2) is 29.1 Å². The molecule has 2 rings (SSSR count). The number of hydrogen-bond acceptors (Lipinski definition) is 2. The monoisotopic (exact) mass is 247 g/mol. The molecule has 1 N–H and O–H groups in total. The quantitative estimate of drug-likeness (QED) is 0.840. The Balaban J connectivity index is 2.38. The van der Waals surface area contributed by atoms with Gasteiger partial charge in [0.25, 0.3) is 0 Å². The van der Waals surface area contributed by atoms with Crippen LogP contribution in [0.25, 0.3) is 0 Å². The average molecular weight is 247 g/mol. The van der Waals surface area contributed by atoms with Gasteiger partial charge in [0.05, 0.1) is 0 Å². The van der Waals surface area contributed by atoms with Crippen molar-refractivity contribution < 1.29 is 9.90 Å². The fourth-order valence-corrected chi connectivity index (χ4v) is 2.60. The van der Waals surface area contributed by atoms with Crippen molar-refractivity contribution in [3.05, 3.63) is 35.4 Å². The van der Waals surface area contributed by atoms with Crippen LogP contribution < -0.4 is 0 Å². The maximum Gasteiger partial charge on any atom is 0.325 e. The van der Waals surface area contributed by atoms with Gasteiger partial charge in [-0.3, -0.25) is 9.69 Å². The van der Waals surface area contributed by atoms with Gasteiger partial charge in [-0.25, -0.2) is 0 Å². The van der Waals surface area contributed by atoms with Crippen LogP contribution >= 0.6 is 0 Å². The van der Waals surface area contributed by atoms with E-state index in [4.69, 9.17) is 0 Å². The predicted octanol–water partition coefficient (Wildman–Crippen LogP) is 3.03.